The molecule has 2 aromatic heterocycles. The maximum Gasteiger partial charge on any atom is 0.243 e. The van der Waals surface area contributed by atoms with Gasteiger partial charge in [0.25, 0.3) is 0 Å². The summed E-state index contributed by atoms with van der Waals surface area (Å²) in [6.07, 6.45) is 29.3. The maximum absolute atomic E-state index is 10.4. The lowest BCUT2D eigenvalue weighted by Crippen LogP contribution is -2.23. The van der Waals surface area contributed by atoms with Gasteiger partial charge in [0.1, 0.15) is 45.0 Å². The highest BCUT2D eigenvalue weighted by molar-refractivity contribution is 7.86. The first-order chi connectivity index (χ1) is 19.9. The van der Waals surface area contributed by atoms with E-state index in [-0.39, 0.29) is 0 Å². The number of nitrogens with zero attached hydrogens (tertiary/aromatic N) is 4. The van der Waals surface area contributed by atoms with Crippen molar-refractivity contribution in [1.82, 2.24) is 9.13 Å². The van der Waals surface area contributed by atoms with E-state index in [1.54, 1.807) is 0 Å². The zero-order valence-corrected chi connectivity index (χ0v) is 27.4. The lowest BCUT2D eigenvalue weighted by molar-refractivity contribution is -0.671. The molecule has 0 radical (unpaired) electrons. The van der Waals surface area contributed by atoms with Crippen molar-refractivity contribution in [2.75, 3.05) is 0 Å². The van der Waals surface area contributed by atoms with Crippen molar-refractivity contribution < 1.29 is 35.1 Å². The Hall–Kier alpha value is -2.54. The molecule has 0 bridgehead atoms. The van der Waals surface area contributed by atoms with Gasteiger partial charge in [0, 0.05) is 0 Å². The predicted octanol–water partition coefficient (Wildman–Crippen LogP) is 4.84. The van der Waals surface area contributed by atoms with Crippen LogP contribution in [0, 0.1) is 0 Å². The van der Waals surface area contributed by atoms with Gasteiger partial charge < -0.3 is 9.11 Å². The van der Waals surface area contributed by atoms with Crippen molar-refractivity contribution in [1.29, 1.82) is 0 Å². The van der Waals surface area contributed by atoms with Gasteiger partial charge in [-0.15, -0.1) is 0 Å². The van der Waals surface area contributed by atoms with Gasteiger partial charge >= 0.3 is 0 Å². The quantitative estimate of drug-likeness (QED) is 0.127. The first kappa shape index (κ1) is 37.5. The average molecular weight is 627 g/mol. The van der Waals surface area contributed by atoms with Crippen LogP contribution in [-0.4, -0.2) is 35.1 Å². The van der Waals surface area contributed by atoms with Gasteiger partial charge in [-0.25, -0.2) is 35.1 Å². The Kier molecular flexibility index (Phi) is 18.2. The van der Waals surface area contributed by atoms with Crippen molar-refractivity contribution in [2.45, 2.75) is 114 Å². The minimum atomic E-state index is -4.61. The van der Waals surface area contributed by atoms with Crippen LogP contribution in [-0.2, 0) is 47.4 Å². The van der Waals surface area contributed by atoms with E-state index in [1.165, 1.54) is 90.1 Å². The van der Waals surface area contributed by atoms with E-state index in [1.807, 2.05) is 0 Å². The van der Waals surface area contributed by atoms with Gasteiger partial charge in [-0.2, -0.15) is 0 Å². The van der Waals surface area contributed by atoms with E-state index < -0.39 is 30.0 Å². The summed E-state index contributed by atoms with van der Waals surface area (Å²) in [5.74, 6) is 0. The minimum Gasteiger partial charge on any atom is -0.744 e. The van der Waals surface area contributed by atoms with E-state index in [9.17, 15) is 25.9 Å². The first-order valence-electron chi connectivity index (χ1n) is 14.9. The molecule has 42 heavy (non-hydrogen) atoms. The molecule has 0 unspecified atom stereocenters. The van der Waals surface area contributed by atoms with Crippen molar-refractivity contribution in [3.05, 3.63) is 61.7 Å². The third kappa shape index (κ3) is 17.4. The Labute approximate surface area is 253 Å². The van der Waals surface area contributed by atoms with Crippen LogP contribution in [0.2, 0.25) is 0 Å². The third-order valence-electron chi connectivity index (χ3n) is 6.59. The zero-order chi connectivity index (χ0) is 31.4. The van der Waals surface area contributed by atoms with E-state index in [2.05, 4.69) is 83.7 Å². The molecule has 238 valence electrons. The molecule has 3 aromatic rings. The van der Waals surface area contributed by atoms with Gasteiger partial charge in [0.2, 0.25) is 12.7 Å². The highest BCUT2D eigenvalue weighted by Crippen LogP contribution is 2.13. The topological polar surface area (TPSA) is 132 Å². The molecule has 1 aromatic carbocycles. The number of hydrogen-bond donors (Lipinski definition) is 0. The number of aryl methyl sites for hydroxylation is 4. The molecule has 10 nitrogen and oxygen atoms in total. The van der Waals surface area contributed by atoms with Crippen molar-refractivity contribution in [2.24, 2.45) is 14.1 Å². The van der Waals surface area contributed by atoms with E-state index in [4.69, 9.17) is 0 Å². The predicted molar refractivity (Wildman–Crippen MR) is 160 cm³/mol. The Morgan fingerprint density at radius 2 is 0.881 bits per heavy atom. The molecule has 0 spiro atoms. The molecule has 0 fully saturated rings. The molecule has 3 rings (SSSR count). The highest BCUT2D eigenvalue weighted by atomic mass is 32.2. The van der Waals surface area contributed by atoms with Crippen molar-refractivity contribution in [3.63, 3.8) is 0 Å². The summed E-state index contributed by atoms with van der Waals surface area (Å²) in [6.45, 7) is 6.87. The number of hydrogen-bond acceptors (Lipinski definition) is 6. The lowest BCUT2D eigenvalue weighted by atomic mass is 10.1. The Morgan fingerprint density at radius 3 is 1.14 bits per heavy atom. The third-order valence-corrected chi connectivity index (χ3v) is 8.29. The maximum atomic E-state index is 10.4. The van der Waals surface area contributed by atoms with Crippen LogP contribution in [0.15, 0.2) is 71.5 Å². The second kappa shape index (κ2) is 20.4. The fraction of sp³-hybridized carbons (Fsp3) is 0.600. The van der Waals surface area contributed by atoms with Crippen LogP contribution >= 0.6 is 0 Å². The summed E-state index contributed by atoms with van der Waals surface area (Å²) >= 11 is 0. The molecule has 0 aliphatic heterocycles. The van der Waals surface area contributed by atoms with Gasteiger partial charge in [-0.3, -0.25) is 0 Å². The summed E-state index contributed by atoms with van der Waals surface area (Å²) in [5.41, 5.74) is 0. The zero-order valence-electron chi connectivity index (χ0n) is 25.7. The van der Waals surface area contributed by atoms with Crippen molar-refractivity contribution in [3.8, 4) is 0 Å². The number of aromatic nitrogens is 4. The summed E-state index contributed by atoms with van der Waals surface area (Å²) in [6, 6.07) is 3.08. The minimum absolute atomic E-state index is 0.579. The molecular weight excluding hydrogens is 576 g/mol. The molecule has 0 aliphatic rings. The largest absolute Gasteiger partial charge is 0.744 e. The van der Waals surface area contributed by atoms with E-state index >= 15 is 0 Å². The number of rotatable bonds is 16. The standard InChI is InChI=1S/2C12H23N2.C6H6O6S2/c2*1-3-4-5-6-7-8-9-14-11-10-13(2)12-14;7-13(8,9)5-1-2-6(4-3-5)14(10,11)12/h2*10-12H,3-9H2,1-2H3;1-4H,(H,7,8,9)(H,10,11,12)/q2*+1;/p-2. The molecule has 0 aliphatic carbocycles. The van der Waals surface area contributed by atoms with Crippen LogP contribution in [0.5, 0.6) is 0 Å². The molecule has 12 heteroatoms. The van der Waals surface area contributed by atoms with Crippen LogP contribution in [0.3, 0.4) is 0 Å². The van der Waals surface area contributed by atoms with Gasteiger partial charge in [-0.1, -0.05) is 65.2 Å². The molecule has 2 heterocycles. The highest BCUT2D eigenvalue weighted by Gasteiger charge is 2.04. The van der Waals surface area contributed by atoms with Crippen LogP contribution < -0.4 is 9.13 Å². The van der Waals surface area contributed by atoms with Crippen LogP contribution in [0.4, 0.5) is 0 Å². The van der Waals surface area contributed by atoms with Crippen LogP contribution in [0.1, 0.15) is 90.9 Å². The molecule has 0 amide bonds. The monoisotopic (exact) mass is 626 g/mol. The fourth-order valence-corrected chi connectivity index (χ4v) is 5.13. The Balaban J connectivity index is 0.000000315. The fourth-order valence-electron chi connectivity index (χ4n) is 4.19. The summed E-state index contributed by atoms with van der Waals surface area (Å²) in [7, 11) is -5.09. The van der Waals surface area contributed by atoms with Gasteiger partial charge in [-0.05, 0) is 49.9 Å². The van der Waals surface area contributed by atoms with E-state index in [0.29, 0.717) is 0 Å². The first-order valence-corrected chi connectivity index (χ1v) is 17.7. The SMILES string of the molecule is CCCCCCCCn1cc[n+](C)c1.CCCCCCCCn1cc[n+](C)c1.O=S(=O)([O-])c1ccc(S(=O)(=O)[O-])cc1. The van der Waals surface area contributed by atoms with Crippen LogP contribution in [0.25, 0.3) is 0 Å². The Bertz CT molecular complexity index is 1230. The lowest BCUT2D eigenvalue weighted by Gasteiger charge is -2.09. The summed E-state index contributed by atoms with van der Waals surface area (Å²) in [4.78, 5) is -1.16. The number of imidazole rings is 2. The molecule has 0 atom stereocenters. The number of benzene rings is 1. The number of unbranched alkanes of at least 4 members (excludes halogenated alkanes) is 10. The Morgan fingerprint density at radius 1 is 0.571 bits per heavy atom. The molecule has 0 N–H and O–H groups in total. The smallest absolute Gasteiger partial charge is 0.243 e. The van der Waals surface area contributed by atoms with Gasteiger partial charge in [0.05, 0.1) is 37.0 Å². The van der Waals surface area contributed by atoms with E-state index in [0.717, 1.165) is 24.3 Å². The average Bonchev–Trinajstić information content (AvgIpc) is 3.55. The van der Waals surface area contributed by atoms with Crippen molar-refractivity contribution >= 4 is 20.2 Å². The second-order valence-electron chi connectivity index (χ2n) is 10.5. The summed E-state index contributed by atoms with van der Waals surface area (Å²) < 4.78 is 71.2. The molecule has 0 saturated carbocycles. The molecular formula is C30H50N4O6S2. The second-order valence-corrected chi connectivity index (χ2v) is 13.3. The molecule has 0 saturated heterocycles. The summed E-state index contributed by atoms with van der Waals surface area (Å²) in [5, 5.41) is 0. The normalized spacial score (nSPS) is 11.4. The van der Waals surface area contributed by atoms with Gasteiger partial charge in [0.15, 0.2) is 0 Å².